The molecule has 0 aliphatic rings. The molecule has 0 fully saturated rings. The van der Waals surface area contributed by atoms with Crippen LogP contribution in [0, 0.1) is 6.92 Å². The molecule has 0 unspecified atom stereocenters. The lowest BCUT2D eigenvalue weighted by Gasteiger charge is -2.04. The molecule has 0 amide bonds. The Kier molecular flexibility index (Phi) is 4.81. The highest BCUT2D eigenvalue weighted by Crippen LogP contribution is 2.15. The normalized spacial score (nSPS) is 12.0. The summed E-state index contributed by atoms with van der Waals surface area (Å²) in [6, 6.07) is 3.15. The van der Waals surface area contributed by atoms with Crippen LogP contribution in [0.1, 0.15) is 30.5 Å². The zero-order valence-electron chi connectivity index (χ0n) is 12.0. The van der Waals surface area contributed by atoms with Gasteiger partial charge >= 0.3 is 0 Å². The molecule has 0 atom stereocenters. The Morgan fingerprint density at radius 3 is 2.76 bits per heavy atom. The van der Waals surface area contributed by atoms with Gasteiger partial charge in [-0.3, -0.25) is 0 Å². The van der Waals surface area contributed by atoms with Crippen LogP contribution in [0.5, 0.6) is 0 Å². The Morgan fingerprint density at radius 2 is 2.19 bits per heavy atom. The van der Waals surface area contributed by atoms with E-state index in [0.29, 0.717) is 23.7 Å². The van der Waals surface area contributed by atoms with Crippen LogP contribution in [-0.2, 0) is 29.7 Å². The molecular formula is C13H19N3O4S. The number of aliphatic hydroxyl groups is 1. The first-order valence-corrected chi connectivity index (χ1v) is 8.16. The highest BCUT2D eigenvalue weighted by atomic mass is 32.2. The lowest BCUT2D eigenvalue weighted by Crippen LogP contribution is -2.23. The number of aryl methyl sites for hydroxylation is 2. The largest absolute Gasteiger partial charge is 0.390 e. The minimum Gasteiger partial charge on any atom is -0.390 e. The molecule has 2 rings (SSSR count). The third-order valence-electron chi connectivity index (χ3n) is 3.02. The number of nitrogens with zero attached hydrogens (tertiary/aromatic N) is 2. The van der Waals surface area contributed by atoms with Crippen LogP contribution in [0.3, 0.4) is 0 Å². The van der Waals surface area contributed by atoms with Crippen molar-refractivity contribution < 1.29 is 18.0 Å². The van der Waals surface area contributed by atoms with E-state index in [9.17, 15) is 13.5 Å². The zero-order valence-corrected chi connectivity index (χ0v) is 12.9. The summed E-state index contributed by atoms with van der Waals surface area (Å²) in [6.07, 6.45) is 2.39. The maximum absolute atomic E-state index is 12.2. The second-order valence-corrected chi connectivity index (χ2v) is 6.54. The van der Waals surface area contributed by atoms with Crippen molar-refractivity contribution in [2.75, 3.05) is 0 Å². The van der Waals surface area contributed by atoms with E-state index in [1.165, 1.54) is 12.3 Å². The van der Waals surface area contributed by atoms with Crippen LogP contribution in [0.2, 0.25) is 0 Å². The molecule has 0 bridgehead atoms. The fourth-order valence-corrected chi connectivity index (χ4v) is 3.07. The Labute approximate surface area is 123 Å². The minimum atomic E-state index is -3.64. The molecule has 2 heterocycles. The molecule has 21 heavy (non-hydrogen) atoms. The molecule has 8 heteroatoms. The summed E-state index contributed by atoms with van der Waals surface area (Å²) < 4.78 is 33.6. The summed E-state index contributed by atoms with van der Waals surface area (Å²) in [4.78, 5) is 0.139. The van der Waals surface area contributed by atoms with Crippen molar-refractivity contribution in [1.29, 1.82) is 0 Å². The number of sulfonamides is 1. The first kappa shape index (κ1) is 15.7. The van der Waals surface area contributed by atoms with Gasteiger partial charge < -0.3 is 14.2 Å². The standard InChI is InChI=1S/C13H19N3O4S/c1-3-4-16-8-13(6-12(16)9-17)21(18,19)14-7-11-5-10(2)20-15-11/h5-6,8,14,17H,3-4,7,9H2,1-2H3. The molecule has 0 aromatic carbocycles. The van der Waals surface area contributed by atoms with E-state index in [4.69, 9.17) is 4.52 Å². The van der Waals surface area contributed by atoms with Crippen LogP contribution in [0.25, 0.3) is 0 Å². The van der Waals surface area contributed by atoms with Crippen LogP contribution >= 0.6 is 0 Å². The van der Waals surface area contributed by atoms with Gasteiger partial charge in [0.25, 0.3) is 0 Å². The highest BCUT2D eigenvalue weighted by Gasteiger charge is 2.18. The van der Waals surface area contributed by atoms with Crippen molar-refractivity contribution in [1.82, 2.24) is 14.4 Å². The molecule has 7 nitrogen and oxygen atoms in total. The summed E-state index contributed by atoms with van der Waals surface area (Å²) in [6.45, 7) is 4.25. The number of hydrogen-bond acceptors (Lipinski definition) is 5. The Bertz CT molecular complexity index is 703. The fourth-order valence-electron chi connectivity index (χ4n) is 2.01. The predicted molar refractivity (Wildman–Crippen MR) is 75.9 cm³/mol. The second kappa shape index (κ2) is 6.42. The summed E-state index contributed by atoms with van der Waals surface area (Å²) >= 11 is 0. The monoisotopic (exact) mass is 313 g/mol. The van der Waals surface area contributed by atoms with Gasteiger partial charge in [-0.25, -0.2) is 13.1 Å². The van der Waals surface area contributed by atoms with Crippen LogP contribution in [-0.4, -0.2) is 23.2 Å². The Hall–Kier alpha value is -1.64. The van der Waals surface area contributed by atoms with Gasteiger partial charge in [-0.05, 0) is 19.4 Å². The smallest absolute Gasteiger partial charge is 0.242 e. The Morgan fingerprint density at radius 1 is 1.43 bits per heavy atom. The summed E-state index contributed by atoms with van der Waals surface area (Å²) in [5.74, 6) is 0.626. The first-order chi connectivity index (χ1) is 9.96. The number of hydrogen-bond donors (Lipinski definition) is 2. The first-order valence-electron chi connectivity index (χ1n) is 6.68. The van der Waals surface area contributed by atoms with E-state index in [0.717, 1.165) is 6.42 Å². The van der Waals surface area contributed by atoms with Gasteiger partial charge in [0.2, 0.25) is 10.0 Å². The fraction of sp³-hybridized carbons (Fsp3) is 0.462. The molecule has 2 N–H and O–H groups in total. The van der Waals surface area contributed by atoms with Gasteiger partial charge in [0.1, 0.15) is 5.76 Å². The van der Waals surface area contributed by atoms with Crippen molar-refractivity contribution in [2.24, 2.45) is 0 Å². The third kappa shape index (κ3) is 3.72. The van der Waals surface area contributed by atoms with E-state index < -0.39 is 10.0 Å². The summed E-state index contributed by atoms with van der Waals surface area (Å²) in [7, 11) is -3.64. The molecule has 0 radical (unpaired) electrons. The van der Waals surface area contributed by atoms with Crippen molar-refractivity contribution in [3.8, 4) is 0 Å². The molecule has 0 aliphatic carbocycles. The maximum Gasteiger partial charge on any atom is 0.242 e. The lowest BCUT2D eigenvalue weighted by atomic mass is 10.4. The second-order valence-electron chi connectivity index (χ2n) is 4.77. The number of aromatic nitrogens is 2. The van der Waals surface area contributed by atoms with E-state index in [1.807, 2.05) is 6.92 Å². The summed E-state index contributed by atoms with van der Waals surface area (Å²) in [5.41, 5.74) is 1.10. The minimum absolute atomic E-state index is 0.0626. The topological polar surface area (TPSA) is 97.4 Å². The summed E-state index contributed by atoms with van der Waals surface area (Å²) in [5, 5.41) is 13.0. The maximum atomic E-state index is 12.2. The van der Waals surface area contributed by atoms with E-state index in [1.54, 1.807) is 17.6 Å². The molecule has 2 aromatic heterocycles. The van der Waals surface area contributed by atoms with Crippen LogP contribution < -0.4 is 4.72 Å². The molecule has 116 valence electrons. The molecule has 0 saturated carbocycles. The lowest BCUT2D eigenvalue weighted by molar-refractivity contribution is 0.270. The van der Waals surface area contributed by atoms with E-state index >= 15 is 0 Å². The molecule has 0 aliphatic heterocycles. The van der Waals surface area contributed by atoms with Crippen molar-refractivity contribution >= 4 is 10.0 Å². The number of rotatable bonds is 7. The van der Waals surface area contributed by atoms with Gasteiger partial charge in [-0.2, -0.15) is 0 Å². The van der Waals surface area contributed by atoms with Crippen molar-refractivity contribution in [2.45, 2.75) is 44.9 Å². The quantitative estimate of drug-likeness (QED) is 0.799. The molecule has 2 aromatic rings. The van der Waals surface area contributed by atoms with Gasteiger partial charge in [-0.1, -0.05) is 12.1 Å². The van der Waals surface area contributed by atoms with Crippen LogP contribution in [0.15, 0.2) is 27.7 Å². The molecule has 0 spiro atoms. The molecular weight excluding hydrogens is 294 g/mol. The zero-order chi connectivity index (χ0) is 15.5. The number of nitrogens with one attached hydrogen (secondary N) is 1. The van der Waals surface area contributed by atoms with E-state index in [-0.39, 0.29) is 18.0 Å². The van der Waals surface area contributed by atoms with Gasteiger partial charge in [0, 0.05) is 24.5 Å². The SMILES string of the molecule is CCCn1cc(S(=O)(=O)NCc2cc(C)on2)cc1CO. The van der Waals surface area contributed by atoms with Gasteiger partial charge in [0.15, 0.2) is 0 Å². The average molecular weight is 313 g/mol. The molecule has 0 saturated heterocycles. The van der Waals surface area contributed by atoms with E-state index in [2.05, 4.69) is 9.88 Å². The van der Waals surface area contributed by atoms with Gasteiger partial charge in [0.05, 0.1) is 23.7 Å². The third-order valence-corrected chi connectivity index (χ3v) is 4.39. The van der Waals surface area contributed by atoms with Crippen molar-refractivity contribution in [3.05, 3.63) is 35.5 Å². The number of aliphatic hydroxyl groups excluding tert-OH is 1. The average Bonchev–Trinajstić information content (AvgIpc) is 3.04. The highest BCUT2D eigenvalue weighted by molar-refractivity contribution is 7.89. The Balaban J connectivity index is 2.15. The van der Waals surface area contributed by atoms with Gasteiger partial charge in [-0.15, -0.1) is 0 Å². The van der Waals surface area contributed by atoms with Crippen LogP contribution in [0.4, 0.5) is 0 Å². The van der Waals surface area contributed by atoms with Crippen molar-refractivity contribution in [3.63, 3.8) is 0 Å². The predicted octanol–water partition coefficient (Wildman–Crippen LogP) is 1.17.